The Labute approximate surface area is 168 Å². The van der Waals surface area contributed by atoms with Crippen LogP contribution < -0.4 is 4.90 Å². The Kier molecular flexibility index (Phi) is 4.89. The highest BCUT2D eigenvalue weighted by Gasteiger charge is 2.35. The van der Waals surface area contributed by atoms with E-state index in [1.807, 2.05) is 55.3 Å². The minimum absolute atomic E-state index is 0.0605. The molecule has 1 atom stereocenters. The molecule has 8 heteroatoms. The van der Waals surface area contributed by atoms with E-state index in [1.54, 1.807) is 6.20 Å². The Morgan fingerprint density at radius 2 is 2.14 bits per heavy atom. The summed E-state index contributed by atoms with van der Waals surface area (Å²) in [5.74, 6) is 1.30. The fraction of sp³-hybridized carbons (Fsp3) is 0.400. The lowest BCUT2D eigenvalue weighted by atomic mass is 10.0. The van der Waals surface area contributed by atoms with E-state index in [9.17, 15) is 4.79 Å². The van der Waals surface area contributed by atoms with E-state index >= 15 is 0 Å². The van der Waals surface area contributed by atoms with Crippen LogP contribution in [0.15, 0.2) is 28.2 Å². The van der Waals surface area contributed by atoms with Crippen molar-refractivity contribution in [2.45, 2.75) is 32.7 Å². The van der Waals surface area contributed by atoms with Crippen LogP contribution in [0.1, 0.15) is 45.5 Å². The molecular weight excluding hydrogens is 374 g/mol. The topological polar surface area (TPSA) is 75.4 Å². The third-order valence-corrected chi connectivity index (χ3v) is 5.91. The number of amides is 1. The number of hydrogen-bond acceptors (Lipinski definition) is 7. The average Bonchev–Trinajstić information content (AvgIpc) is 3.41. The van der Waals surface area contributed by atoms with Crippen LogP contribution in [0.25, 0.3) is 11.3 Å². The highest BCUT2D eigenvalue weighted by atomic mass is 32.1. The van der Waals surface area contributed by atoms with Crippen molar-refractivity contribution in [2.24, 2.45) is 0 Å². The van der Waals surface area contributed by atoms with Gasteiger partial charge in [-0.1, -0.05) is 5.16 Å². The van der Waals surface area contributed by atoms with Crippen LogP contribution in [-0.2, 0) is 0 Å². The zero-order valence-corrected chi connectivity index (χ0v) is 17.3. The van der Waals surface area contributed by atoms with Gasteiger partial charge in [0.1, 0.15) is 0 Å². The monoisotopic (exact) mass is 397 g/mol. The molecule has 0 aliphatic carbocycles. The van der Waals surface area contributed by atoms with Crippen molar-refractivity contribution in [3.05, 3.63) is 45.5 Å². The maximum Gasteiger partial charge on any atom is 0.264 e. The molecule has 0 aromatic carbocycles. The number of aromatic nitrogens is 3. The summed E-state index contributed by atoms with van der Waals surface area (Å²) in [4.78, 5) is 27.0. The lowest BCUT2D eigenvalue weighted by Gasteiger charge is -2.26. The molecule has 1 unspecified atom stereocenters. The number of rotatable bonds is 4. The van der Waals surface area contributed by atoms with Crippen LogP contribution in [0.3, 0.4) is 0 Å². The number of thiophene rings is 1. The highest BCUT2D eigenvalue weighted by molar-refractivity contribution is 7.12. The van der Waals surface area contributed by atoms with E-state index in [0.717, 1.165) is 46.8 Å². The SMILES string of the molecule is Cc1csc(C(=O)N2CCCC2c2nc(N(C)C)ncc2-c2cc(C)no2)c1. The lowest BCUT2D eigenvalue weighted by molar-refractivity contribution is 0.0738. The van der Waals surface area contributed by atoms with Gasteiger partial charge in [-0.05, 0) is 43.7 Å². The van der Waals surface area contributed by atoms with Crippen LogP contribution in [-0.4, -0.2) is 46.6 Å². The Balaban J connectivity index is 1.77. The third kappa shape index (κ3) is 3.40. The lowest BCUT2D eigenvalue weighted by Crippen LogP contribution is -2.31. The molecule has 3 aromatic heterocycles. The van der Waals surface area contributed by atoms with Crippen molar-refractivity contribution in [3.8, 4) is 11.3 Å². The molecule has 0 N–H and O–H groups in total. The van der Waals surface area contributed by atoms with E-state index < -0.39 is 0 Å². The predicted octanol–water partition coefficient (Wildman–Crippen LogP) is 3.85. The Morgan fingerprint density at radius 1 is 1.32 bits per heavy atom. The van der Waals surface area contributed by atoms with Gasteiger partial charge in [0, 0.05) is 32.9 Å². The average molecular weight is 398 g/mol. The summed E-state index contributed by atoms with van der Waals surface area (Å²) < 4.78 is 5.49. The minimum atomic E-state index is -0.114. The normalized spacial score (nSPS) is 16.6. The molecule has 1 aliphatic heterocycles. The zero-order valence-electron chi connectivity index (χ0n) is 16.5. The second-order valence-corrected chi connectivity index (χ2v) is 8.25. The first-order valence-electron chi connectivity index (χ1n) is 9.28. The largest absolute Gasteiger partial charge is 0.356 e. The van der Waals surface area contributed by atoms with E-state index in [2.05, 4.69) is 10.1 Å². The first kappa shape index (κ1) is 18.6. The molecule has 1 fully saturated rings. The summed E-state index contributed by atoms with van der Waals surface area (Å²) in [5.41, 5.74) is 3.51. The van der Waals surface area contributed by atoms with Crippen molar-refractivity contribution in [2.75, 3.05) is 25.5 Å². The number of anilines is 1. The molecular formula is C20H23N5O2S. The Morgan fingerprint density at radius 3 is 2.79 bits per heavy atom. The van der Waals surface area contributed by atoms with Gasteiger partial charge in [-0.2, -0.15) is 0 Å². The van der Waals surface area contributed by atoms with Crippen LogP contribution >= 0.6 is 11.3 Å². The first-order valence-corrected chi connectivity index (χ1v) is 10.2. The van der Waals surface area contributed by atoms with Crippen molar-refractivity contribution >= 4 is 23.2 Å². The van der Waals surface area contributed by atoms with E-state index in [-0.39, 0.29) is 11.9 Å². The first-order chi connectivity index (χ1) is 13.4. The molecule has 3 aromatic rings. The fourth-order valence-corrected chi connectivity index (χ4v) is 4.37. The van der Waals surface area contributed by atoms with Gasteiger partial charge in [0.2, 0.25) is 5.95 Å². The molecule has 7 nitrogen and oxygen atoms in total. The standard InChI is InChI=1S/C20H23N5O2S/c1-12-8-17(28-11-12)19(26)25-7-5-6-15(25)18-14(16-9-13(2)23-27-16)10-21-20(22-18)24(3)4/h8-11,15H,5-7H2,1-4H3. The van der Waals surface area contributed by atoms with Gasteiger partial charge in [-0.15, -0.1) is 11.3 Å². The van der Waals surface area contributed by atoms with Crippen molar-refractivity contribution in [1.29, 1.82) is 0 Å². The molecule has 4 heterocycles. The number of carbonyl (C=O) groups excluding carboxylic acids is 1. The third-order valence-electron chi connectivity index (χ3n) is 4.87. The van der Waals surface area contributed by atoms with Gasteiger partial charge in [0.05, 0.1) is 27.9 Å². The summed E-state index contributed by atoms with van der Waals surface area (Å²) in [6, 6.07) is 3.72. The molecule has 146 valence electrons. The van der Waals surface area contributed by atoms with Gasteiger partial charge in [0.15, 0.2) is 5.76 Å². The van der Waals surface area contributed by atoms with Gasteiger partial charge in [-0.25, -0.2) is 9.97 Å². The van der Waals surface area contributed by atoms with E-state index in [4.69, 9.17) is 9.51 Å². The van der Waals surface area contributed by atoms with E-state index in [0.29, 0.717) is 11.7 Å². The van der Waals surface area contributed by atoms with Crippen LogP contribution in [0.2, 0.25) is 0 Å². The number of nitrogens with zero attached hydrogens (tertiary/aromatic N) is 5. The van der Waals surface area contributed by atoms with Gasteiger partial charge in [0.25, 0.3) is 5.91 Å². The fourth-order valence-electron chi connectivity index (χ4n) is 3.51. The number of aryl methyl sites for hydroxylation is 2. The van der Waals surface area contributed by atoms with Crippen molar-refractivity contribution in [1.82, 2.24) is 20.0 Å². The summed E-state index contributed by atoms with van der Waals surface area (Å²) in [5, 5.41) is 6.01. The summed E-state index contributed by atoms with van der Waals surface area (Å²) in [6.07, 6.45) is 3.57. The maximum atomic E-state index is 13.2. The molecule has 4 rings (SSSR count). The predicted molar refractivity (Wildman–Crippen MR) is 109 cm³/mol. The Bertz CT molecular complexity index is 1010. The van der Waals surface area contributed by atoms with Gasteiger partial charge < -0.3 is 14.3 Å². The summed E-state index contributed by atoms with van der Waals surface area (Å²) in [7, 11) is 3.81. The molecule has 0 radical (unpaired) electrons. The minimum Gasteiger partial charge on any atom is -0.356 e. The molecule has 0 saturated carbocycles. The van der Waals surface area contributed by atoms with Gasteiger partial charge >= 0.3 is 0 Å². The molecule has 0 spiro atoms. The smallest absolute Gasteiger partial charge is 0.264 e. The number of hydrogen-bond donors (Lipinski definition) is 0. The molecule has 28 heavy (non-hydrogen) atoms. The highest BCUT2D eigenvalue weighted by Crippen LogP contribution is 2.38. The van der Waals surface area contributed by atoms with E-state index in [1.165, 1.54) is 11.3 Å². The van der Waals surface area contributed by atoms with Crippen LogP contribution in [0.4, 0.5) is 5.95 Å². The quantitative estimate of drug-likeness (QED) is 0.666. The van der Waals surface area contributed by atoms with Crippen LogP contribution in [0.5, 0.6) is 0 Å². The van der Waals surface area contributed by atoms with Crippen LogP contribution in [0, 0.1) is 13.8 Å². The molecule has 1 amide bonds. The molecule has 1 saturated heterocycles. The van der Waals surface area contributed by atoms with Gasteiger partial charge in [-0.3, -0.25) is 4.79 Å². The Hall–Kier alpha value is -2.74. The number of carbonyl (C=O) groups is 1. The van der Waals surface area contributed by atoms with Crippen molar-refractivity contribution < 1.29 is 9.32 Å². The molecule has 1 aliphatic rings. The second-order valence-electron chi connectivity index (χ2n) is 7.34. The molecule has 0 bridgehead atoms. The second kappa shape index (κ2) is 7.35. The van der Waals surface area contributed by atoms with Crippen molar-refractivity contribution in [3.63, 3.8) is 0 Å². The number of likely N-dealkylation sites (tertiary alicyclic amines) is 1. The summed E-state index contributed by atoms with van der Waals surface area (Å²) >= 11 is 1.49. The maximum absolute atomic E-state index is 13.2. The zero-order chi connectivity index (χ0) is 19.8. The summed E-state index contributed by atoms with van der Waals surface area (Å²) in [6.45, 7) is 4.61.